The van der Waals surface area contributed by atoms with Crippen LogP contribution in [0, 0.1) is 0 Å². The average molecular weight is 305 g/mol. The van der Waals surface area contributed by atoms with Crippen molar-refractivity contribution >= 4 is 16.1 Å². The smallest absolute Gasteiger partial charge is 0.317 e. The molecule has 0 aromatic heterocycles. The molecule has 0 bridgehead atoms. The summed E-state index contributed by atoms with van der Waals surface area (Å²) in [6, 6.07) is -0.193. The molecule has 0 radical (unpaired) electrons. The highest BCUT2D eigenvalue weighted by molar-refractivity contribution is 7.89. The predicted octanol–water partition coefficient (Wildman–Crippen LogP) is 1.24. The highest BCUT2D eigenvalue weighted by Crippen LogP contribution is 2.13. The number of carbonyl (C=O) groups excluding carboxylic acids is 1. The molecule has 0 saturated carbocycles. The molecule has 0 unspecified atom stereocenters. The first-order valence-corrected chi connectivity index (χ1v) is 9.12. The van der Waals surface area contributed by atoms with Gasteiger partial charge in [0.2, 0.25) is 10.0 Å². The molecular formula is C13H27N3O3S. The summed E-state index contributed by atoms with van der Waals surface area (Å²) in [5, 5.41) is 2.68. The van der Waals surface area contributed by atoms with E-state index >= 15 is 0 Å². The number of urea groups is 1. The van der Waals surface area contributed by atoms with Crippen LogP contribution in [-0.2, 0) is 10.0 Å². The van der Waals surface area contributed by atoms with Gasteiger partial charge < -0.3 is 10.2 Å². The molecule has 1 aliphatic rings. The zero-order valence-corrected chi connectivity index (χ0v) is 13.4. The molecule has 20 heavy (non-hydrogen) atoms. The van der Waals surface area contributed by atoms with Crippen molar-refractivity contribution in [3.8, 4) is 0 Å². The molecular weight excluding hydrogens is 278 g/mol. The van der Waals surface area contributed by atoms with E-state index in [0.717, 1.165) is 25.7 Å². The van der Waals surface area contributed by atoms with Crippen LogP contribution >= 0.6 is 0 Å². The molecule has 0 aromatic carbocycles. The van der Waals surface area contributed by atoms with E-state index in [9.17, 15) is 13.2 Å². The standard InChI is InChI=1S/C13H27N3O3S/c1-3-15(4-2)13(17)14-9-12-20(18,19)16-10-7-5-6-8-11-16/h3-12H2,1-2H3,(H,14,17). The van der Waals surface area contributed by atoms with Gasteiger partial charge in [0.25, 0.3) is 0 Å². The number of hydrogen-bond acceptors (Lipinski definition) is 3. The Labute approximate surface area is 122 Å². The lowest BCUT2D eigenvalue weighted by atomic mass is 10.2. The molecule has 118 valence electrons. The van der Waals surface area contributed by atoms with Gasteiger partial charge in [-0.25, -0.2) is 17.5 Å². The lowest BCUT2D eigenvalue weighted by Crippen LogP contribution is -2.43. The maximum atomic E-state index is 12.2. The zero-order valence-electron chi connectivity index (χ0n) is 12.6. The second kappa shape index (κ2) is 8.46. The Bertz CT molecular complexity index is 386. The van der Waals surface area contributed by atoms with E-state index in [1.54, 1.807) is 9.21 Å². The fourth-order valence-electron chi connectivity index (χ4n) is 2.36. The van der Waals surface area contributed by atoms with Crippen molar-refractivity contribution in [2.24, 2.45) is 0 Å². The average Bonchev–Trinajstić information content (AvgIpc) is 2.69. The van der Waals surface area contributed by atoms with Crippen LogP contribution in [0.3, 0.4) is 0 Å². The highest BCUT2D eigenvalue weighted by Gasteiger charge is 2.22. The monoisotopic (exact) mass is 305 g/mol. The normalized spacial score (nSPS) is 17.5. The summed E-state index contributed by atoms with van der Waals surface area (Å²) in [5.41, 5.74) is 0. The van der Waals surface area contributed by atoms with Gasteiger partial charge in [0, 0.05) is 32.7 Å². The predicted molar refractivity (Wildman–Crippen MR) is 80.1 cm³/mol. The van der Waals surface area contributed by atoms with E-state index in [1.165, 1.54) is 0 Å². The van der Waals surface area contributed by atoms with Crippen LogP contribution in [0.2, 0.25) is 0 Å². The third kappa shape index (κ3) is 5.28. The van der Waals surface area contributed by atoms with Gasteiger partial charge in [-0.1, -0.05) is 12.8 Å². The minimum atomic E-state index is -3.24. The molecule has 0 aliphatic carbocycles. The third-order valence-corrected chi connectivity index (χ3v) is 5.52. The summed E-state index contributed by atoms with van der Waals surface area (Å²) in [7, 11) is -3.24. The van der Waals surface area contributed by atoms with E-state index in [-0.39, 0.29) is 18.3 Å². The molecule has 6 nitrogen and oxygen atoms in total. The molecule has 1 N–H and O–H groups in total. The van der Waals surface area contributed by atoms with Gasteiger partial charge in [-0.15, -0.1) is 0 Å². The molecule has 1 saturated heterocycles. The van der Waals surface area contributed by atoms with Gasteiger partial charge in [0.1, 0.15) is 0 Å². The van der Waals surface area contributed by atoms with Gasteiger partial charge >= 0.3 is 6.03 Å². The van der Waals surface area contributed by atoms with Crippen LogP contribution in [0.15, 0.2) is 0 Å². The number of sulfonamides is 1. The zero-order chi connectivity index (χ0) is 15.0. The van der Waals surface area contributed by atoms with Gasteiger partial charge in [-0.2, -0.15) is 0 Å². The Balaban J connectivity index is 2.41. The van der Waals surface area contributed by atoms with Crippen molar-refractivity contribution in [2.75, 3.05) is 38.5 Å². The van der Waals surface area contributed by atoms with E-state index in [1.807, 2.05) is 13.8 Å². The number of carbonyl (C=O) groups is 1. The third-order valence-electron chi connectivity index (χ3n) is 3.65. The summed E-state index contributed by atoms with van der Waals surface area (Å²) in [5.74, 6) is -0.0139. The van der Waals surface area contributed by atoms with Gasteiger partial charge in [0.15, 0.2) is 0 Å². The maximum absolute atomic E-state index is 12.2. The second-order valence-electron chi connectivity index (χ2n) is 5.03. The van der Waals surface area contributed by atoms with Gasteiger partial charge in [-0.3, -0.25) is 0 Å². The van der Waals surface area contributed by atoms with Crippen molar-refractivity contribution in [2.45, 2.75) is 39.5 Å². The number of nitrogens with zero attached hydrogens (tertiary/aromatic N) is 2. The Hall–Kier alpha value is -0.820. The lowest BCUT2D eigenvalue weighted by molar-refractivity contribution is 0.204. The highest BCUT2D eigenvalue weighted by atomic mass is 32.2. The summed E-state index contributed by atoms with van der Waals surface area (Å²) in [6.45, 7) is 6.46. The Morgan fingerprint density at radius 3 is 2.15 bits per heavy atom. The first kappa shape index (κ1) is 17.2. The Morgan fingerprint density at radius 2 is 1.65 bits per heavy atom. The van der Waals surface area contributed by atoms with E-state index in [4.69, 9.17) is 0 Å². The van der Waals surface area contributed by atoms with Gasteiger partial charge in [0.05, 0.1) is 5.75 Å². The molecule has 0 aromatic rings. The van der Waals surface area contributed by atoms with Crippen LogP contribution in [0.25, 0.3) is 0 Å². The van der Waals surface area contributed by atoms with Gasteiger partial charge in [-0.05, 0) is 26.7 Å². The van der Waals surface area contributed by atoms with Crippen molar-refractivity contribution < 1.29 is 13.2 Å². The quantitative estimate of drug-likeness (QED) is 0.803. The fourth-order valence-corrected chi connectivity index (χ4v) is 3.79. The van der Waals surface area contributed by atoms with Crippen molar-refractivity contribution in [1.82, 2.24) is 14.5 Å². The Morgan fingerprint density at radius 1 is 1.10 bits per heavy atom. The number of hydrogen-bond donors (Lipinski definition) is 1. The number of rotatable bonds is 6. The second-order valence-corrected chi connectivity index (χ2v) is 7.12. The minimum Gasteiger partial charge on any atom is -0.337 e. The topological polar surface area (TPSA) is 69.7 Å². The van der Waals surface area contributed by atoms with Crippen LogP contribution < -0.4 is 5.32 Å². The van der Waals surface area contributed by atoms with Crippen LogP contribution in [0.4, 0.5) is 4.79 Å². The molecule has 1 rings (SSSR count). The molecule has 7 heteroatoms. The molecule has 1 fully saturated rings. The van der Waals surface area contributed by atoms with E-state index < -0.39 is 10.0 Å². The molecule has 0 spiro atoms. The molecule has 1 aliphatic heterocycles. The van der Waals surface area contributed by atoms with Crippen LogP contribution in [-0.4, -0.2) is 62.1 Å². The summed E-state index contributed by atoms with van der Waals surface area (Å²) >= 11 is 0. The summed E-state index contributed by atoms with van der Waals surface area (Å²) in [6.07, 6.45) is 4.07. The van der Waals surface area contributed by atoms with E-state index in [2.05, 4.69) is 5.32 Å². The number of amides is 2. The minimum absolute atomic E-state index is 0.0139. The lowest BCUT2D eigenvalue weighted by Gasteiger charge is -2.22. The molecule has 2 amide bonds. The first-order chi connectivity index (χ1) is 9.51. The SMILES string of the molecule is CCN(CC)C(=O)NCCS(=O)(=O)N1CCCCCC1. The number of nitrogens with one attached hydrogen (secondary N) is 1. The fraction of sp³-hybridized carbons (Fsp3) is 0.923. The largest absolute Gasteiger partial charge is 0.337 e. The summed E-state index contributed by atoms with van der Waals surface area (Å²) in [4.78, 5) is 13.4. The molecule has 1 heterocycles. The maximum Gasteiger partial charge on any atom is 0.317 e. The Kier molecular flexibility index (Phi) is 7.29. The van der Waals surface area contributed by atoms with Crippen LogP contribution in [0.5, 0.6) is 0 Å². The van der Waals surface area contributed by atoms with E-state index in [0.29, 0.717) is 26.2 Å². The van der Waals surface area contributed by atoms with Crippen molar-refractivity contribution in [3.63, 3.8) is 0 Å². The molecule has 0 atom stereocenters. The van der Waals surface area contributed by atoms with Crippen LogP contribution in [0.1, 0.15) is 39.5 Å². The van der Waals surface area contributed by atoms with Crippen molar-refractivity contribution in [3.05, 3.63) is 0 Å². The van der Waals surface area contributed by atoms with Crippen molar-refractivity contribution in [1.29, 1.82) is 0 Å². The first-order valence-electron chi connectivity index (χ1n) is 7.51. The summed E-state index contributed by atoms with van der Waals surface area (Å²) < 4.78 is 26.0.